The molecule has 0 spiro atoms. The van der Waals surface area contributed by atoms with E-state index in [0.29, 0.717) is 13.0 Å². The van der Waals surface area contributed by atoms with Crippen LogP contribution in [0.25, 0.3) is 10.8 Å². The molecule has 86 valence electrons. The van der Waals surface area contributed by atoms with E-state index in [4.69, 9.17) is 5.26 Å². The van der Waals surface area contributed by atoms with Gasteiger partial charge in [0.15, 0.2) is 5.82 Å². The molecular formula is C13H14N4. The van der Waals surface area contributed by atoms with Gasteiger partial charge < -0.3 is 4.90 Å². The highest BCUT2D eigenvalue weighted by Crippen LogP contribution is 2.22. The summed E-state index contributed by atoms with van der Waals surface area (Å²) in [4.78, 5) is 2.08. The Kier molecular flexibility index (Phi) is 3.51. The topological polar surface area (TPSA) is 52.8 Å². The number of fused-ring (bicyclic) bond motifs is 1. The van der Waals surface area contributed by atoms with Crippen LogP contribution in [0.15, 0.2) is 30.5 Å². The molecule has 0 N–H and O–H groups in total. The molecule has 4 nitrogen and oxygen atoms in total. The first kappa shape index (κ1) is 11.3. The highest BCUT2D eigenvalue weighted by Gasteiger charge is 2.09. The maximum Gasteiger partial charge on any atom is 0.159 e. The Morgan fingerprint density at radius 2 is 2.18 bits per heavy atom. The fraction of sp³-hybridized carbons (Fsp3) is 0.308. The monoisotopic (exact) mass is 226 g/mol. The van der Waals surface area contributed by atoms with Crippen LogP contribution < -0.4 is 4.90 Å². The molecule has 0 bridgehead atoms. The van der Waals surface area contributed by atoms with Gasteiger partial charge in [0, 0.05) is 23.9 Å². The molecule has 0 fully saturated rings. The highest BCUT2D eigenvalue weighted by molar-refractivity contribution is 5.91. The smallest absolute Gasteiger partial charge is 0.159 e. The number of hydrogen-bond acceptors (Lipinski definition) is 4. The van der Waals surface area contributed by atoms with Gasteiger partial charge in [-0.2, -0.15) is 10.4 Å². The van der Waals surface area contributed by atoms with Crippen LogP contribution in [0, 0.1) is 11.3 Å². The molecule has 0 amide bonds. The van der Waals surface area contributed by atoms with Crippen molar-refractivity contribution in [1.82, 2.24) is 10.2 Å². The van der Waals surface area contributed by atoms with Gasteiger partial charge in [0.1, 0.15) is 0 Å². The van der Waals surface area contributed by atoms with Crippen molar-refractivity contribution in [2.75, 3.05) is 18.0 Å². The Labute approximate surface area is 100 Å². The van der Waals surface area contributed by atoms with Crippen molar-refractivity contribution >= 4 is 16.6 Å². The molecule has 0 unspecified atom stereocenters. The number of nitrogens with zero attached hydrogens (tertiary/aromatic N) is 4. The Bertz CT molecular complexity index is 539. The van der Waals surface area contributed by atoms with E-state index in [1.807, 2.05) is 24.3 Å². The van der Waals surface area contributed by atoms with E-state index in [-0.39, 0.29) is 0 Å². The van der Waals surface area contributed by atoms with E-state index in [1.54, 1.807) is 6.20 Å². The van der Waals surface area contributed by atoms with E-state index >= 15 is 0 Å². The number of hydrogen-bond donors (Lipinski definition) is 0. The molecule has 17 heavy (non-hydrogen) atoms. The van der Waals surface area contributed by atoms with Gasteiger partial charge in [0.05, 0.1) is 18.7 Å². The molecular weight excluding hydrogens is 212 g/mol. The molecule has 0 atom stereocenters. The molecule has 4 heteroatoms. The van der Waals surface area contributed by atoms with Crippen molar-refractivity contribution in [3.63, 3.8) is 0 Å². The van der Waals surface area contributed by atoms with Crippen molar-refractivity contribution in [3.05, 3.63) is 30.5 Å². The molecule has 1 aromatic carbocycles. The molecule has 2 rings (SSSR count). The maximum absolute atomic E-state index is 8.66. The van der Waals surface area contributed by atoms with Crippen molar-refractivity contribution in [3.8, 4) is 6.07 Å². The van der Waals surface area contributed by atoms with E-state index in [9.17, 15) is 0 Å². The summed E-state index contributed by atoms with van der Waals surface area (Å²) in [6.07, 6.45) is 2.26. The maximum atomic E-state index is 8.66. The molecule has 0 saturated heterocycles. The summed E-state index contributed by atoms with van der Waals surface area (Å²) in [5, 5.41) is 19.0. The summed E-state index contributed by atoms with van der Waals surface area (Å²) >= 11 is 0. The summed E-state index contributed by atoms with van der Waals surface area (Å²) in [5.41, 5.74) is 0. The quantitative estimate of drug-likeness (QED) is 0.803. The number of nitriles is 1. The average Bonchev–Trinajstić information content (AvgIpc) is 2.40. The fourth-order valence-electron chi connectivity index (χ4n) is 1.85. The summed E-state index contributed by atoms with van der Waals surface area (Å²) in [6, 6.07) is 10.2. The first-order valence-corrected chi connectivity index (χ1v) is 5.69. The van der Waals surface area contributed by atoms with Crippen molar-refractivity contribution in [1.29, 1.82) is 5.26 Å². The zero-order valence-corrected chi connectivity index (χ0v) is 9.80. The predicted molar refractivity (Wildman–Crippen MR) is 67.7 cm³/mol. The van der Waals surface area contributed by atoms with E-state index < -0.39 is 0 Å². The fourth-order valence-corrected chi connectivity index (χ4v) is 1.85. The van der Waals surface area contributed by atoms with Crippen molar-refractivity contribution in [2.24, 2.45) is 0 Å². The van der Waals surface area contributed by atoms with E-state index in [2.05, 4.69) is 28.1 Å². The van der Waals surface area contributed by atoms with E-state index in [0.717, 1.165) is 23.1 Å². The van der Waals surface area contributed by atoms with Gasteiger partial charge in [0.2, 0.25) is 0 Å². The SMILES string of the molecule is CCN(CCC#N)c1nncc2ccccc12. The Balaban J connectivity index is 2.43. The normalized spacial score (nSPS) is 10.1. The first-order chi connectivity index (χ1) is 8.36. The number of rotatable bonds is 4. The molecule has 2 aromatic rings. The summed E-state index contributed by atoms with van der Waals surface area (Å²) in [7, 11) is 0. The molecule has 0 saturated carbocycles. The second kappa shape index (κ2) is 5.26. The molecule has 1 aromatic heterocycles. The number of aromatic nitrogens is 2. The Morgan fingerprint density at radius 1 is 1.35 bits per heavy atom. The summed E-state index contributed by atoms with van der Waals surface area (Å²) < 4.78 is 0. The molecule has 0 radical (unpaired) electrons. The van der Waals surface area contributed by atoms with Crippen molar-refractivity contribution < 1.29 is 0 Å². The third-order valence-electron chi connectivity index (χ3n) is 2.73. The van der Waals surface area contributed by atoms with Crippen LogP contribution in [-0.4, -0.2) is 23.3 Å². The van der Waals surface area contributed by atoms with Gasteiger partial charge in [-0.15, -0.1) is 5.10 Å². The molecule has 1 heterocycles. The first-order valence-electron chi connectivity index (χ1n) is 5.69. The van der Waals surface area contributed by atoms with Crippen LogP contribution in [0.1, 0.15) is 13.3 Å². The van der Waals surface area contributed by atoms with Crippen LogP contribution in [0.2, 0.25) is 0 Å². The van der Waals surface area contributed by atoms with Gasteiger partial charge >= 0.3 is 0 Å². The van der Waals surface area contributed by atoms with Crippen LogP contribution >= 0.6 is 0 Å². The molecule has 0 aliphatic carbocycles. The lowest BCUT2D eigenvalue weighted by Crippen LogP contribution is -2.25. The number of anilines is 1. The van der Waals surface area contributed by atoms with Crippen LogP contribution in [-0.2, 0) is 0 Å². The van der Waals surface area contributed by atoms with E-state index in [1.165, 1.54) is 0 Å². The second-order valence-electron chi connectivity index (χ2n) is 3.74. The highest BCUT2D eigenvalue weighted by atomic mass is 15.3. The second-order valence-corrected chi connectivity index (χ2v) is 3.74. The minimum atomic E-state index is 0.499. The average molecular weight is 226 g/mol. The standard InChI is InChI=1S/C13H14N4/c1-2-17(9-5-8-14)13-12-7-4-3-6-11(12)10-15-16-13/h3-4,6-7,10H,2,5,9H2,1H3. The van der Waals surface area contributed by atoms with Gasteiger partial charge in [-0.1, -0.05) is 24.3 Å². The van der Waals surface area contributed by atoms with Gasteiger partial charge in [-0.05, 0) is 6.92 Å². The zero-order chi connectivity index (χ0) is 12.1. The van der Waals surface area contributed by atoms with Gasteiger partial charge in [-0.25, -0.2) is 0 Å². The lowest BCUT2D eigenvalue weighted by atomic mass is 10.2. The minimum Gasteiger partial charge on any atom is -0.354 e. The largest absolute Gasteiger partial charge is 0.354 e. The predicted octanol–water partition coefficient (Wildman–Crippen LogP) is 2.37. The third kappa shape index (κ3) is 2.34. The lowest BCUT2D eigenvalue weighted by molar-refractivity contribution is 0.801. The zero-order valence-electron chi connectivity index (χ0n) is 9.80. The van der Waals surface area contributed by atoms with Crippen LogP contribution in [0.3, 0.4) is 0 Å². The third-order valence-corrected chi connectivity index (χ3v) is 2.73. The molecule has 0 aliphatic heterocycles. The minimum absolute atomic E-state index is 0.499. The van der Waals surface area contributed by atoms with Gasteiger partial charge in [-0.3, -0.25) is 0 Å². The van der Waals surface area contributed by atoms with Crippen molar-refractivity contribution in [2.45, 2.75) is 13.3 Å². The Hall–Kier alpha value is -2.15. The van der Waals surface area contributed by atoms with Gasteiger partial charge in [0.25, 0.3) is 0 Å². The summed E-state index contributed by atoms with van der Waals surface area (Å²) in [6.45, 7) is 3.57. The van der Waals surface area contributed by atoms with Crippen LogP contribution in [0.4, 0.5) is 5.82 Å². The summed E-state index contributed by atoms with van der Waals surface area (Å²) in [5.74, 6) is 0.862. The Morgan fingerprint density at radius 3 is 2.94 bits per heavy atom. The number of benzene rings is 1. The lowest BCUT2D eigenvalue weighted by Gasteiger charge is -2.21. The molecule has 0 aliphatic rings. The van der Waals surface area contributed by atoms with Crippen LogP contribution in [0.5, 0.6) is 0 Å².